The number of aromatic nitrogens is 2. The van der Waals surface area contributed by atoms with Gasteiger partial charge in [0.25, 0.3) is 5.91 Å². The van der Waals surface area contributed by atoms with Crippen LogP contribution in [0.3, 0.4) is 0 Å². The summed E-state index contributed by atoms with van der Waals surface area (Å²) in [6.45, 7) is 1.38. The summed E-state index contributed by atoms with van der Waals surface area (Å²) in [7, 11) is 1.78. The standard InChI is InChI=1S/C20H18F2N4O/c1-24(18-5-3-2-4-17(18)22)13-15-12-19-20(27)25(10-11-26(19)23-15)16-8-6-14(21)7-9-16/h2-9,12H,10-11,13H2,1H3. The smallest absolute Gasteiger partial charge is 0.276 e. The van der Waals surface area contributed by atoms with E-state index in [2.05, 4.69) is 5.10 Å². The summed E-state index contributed by atoms with van der Waals surface area (Å²) in [5.41, 5.74) is 2.29. The van der Waals surface area contributed by atoms with Crippen molar-refractivity contribution in [2.45, 2.75) is 13.1 Å². The maximum atomic E-state index is 13.9. The maximum absolute atomic E-state index is 13.9. The van der Waals surface area contributed by atoms with Crippen LogP contribution in [0.1, 0.15) is 16.2 Å². The van der Waals surface area contributed by atoms with E-state index >= 15 is 0 Å². The molecule has 0 bridgehead atoms. The van der Waals surface area contributed by atoms with E-state index in [4.69, 9.17) is 0 Å². The lowest BCUT2D eigenvalue weighted by molar-refractivity contribution is 0.0962. The van der Waals surface area contributed by atoms with Gasteiger partial charge in [-0.2, -0.15) is 5.10 Å². The number of hydrogen-bond donors (Lipinski definition) is 0. The van der Waals surface area contributed by atoms with Crippen LogP contribution in [-0.4, -0.2) is 29.3 Å². The van der Waals surface area contributed by atoms with Gasteiger partial charge in [0.1, 0.15) is 17.3 Å². The van der Waals surface area contributed by atoms with Crippen molar-refractivity contribution in [1.82, 2.24) is 9.78 Å². The van der Waals surface area contributed by atoms with E-state index in [1.165, 1.54) is 18.2 Å². The summed E-state index contributed by atoms with van der Waals surface area (Å²) in [6.07, 6.45) is 0. The first-order chi connectivity index (χ1) is 13.0. The number of carbonyl (C=O) groups excluding carboxylic acids is 1. The Balaban J connectivity index is 1.55. The Morgan fingerprint density at radius 3 is 2.56 bits per heavy atom. The summed E-state index contributed by atoms with van der Waals surface area (Å²) in [6, 6.07) is 14.1. The number of fused-ring (bicyclic) bond motifs is 1. The normalized spacial score (nSPS) is 13.6. The van der Waals surface area contributed by atoms with Crippen molar-refractivity contribution in [1.29, 1.82) is 0 Å². The minimum atomic E-state index is -0.341. The number of nitrogens with zero attached hydrogens (tertiary/aromatic N) is 4. The highest BCUT2D eigenvalue weighted by molar-refractivity contribution is 6.05. The maximum Gasteiger partial charge on any atom is 0.276 e. The molecule has 0 fully saturated rings. The number of amides is 1. The largest absolute Gasteiger partial charge is 0.366 e. The Labute approximate surface area is 155 Å². The van der Waals surface area contributed by atoms with Crippen LogP contribution in [0, 0.1) is 11.6 Å². The van der Waals surface area contributed by atoms with Crippen LogP contribution >= 0.6 is 0 Å². The average molecular weight is 368 g/mol. The first-order valence-corrected chi connectivity index (χ1v) is 8.63. The van der Waals surface area contributed by atoms with Crippen LogP contribution in [0.5, 0.6) is 0 Å². The Morgan fingerprint density at radius 2 is 1.81 bits per heavy atom. The Morgan fingerprint density at radius 1 is 1.07 bits per heavy atom. The van der Waals surface area contributed by atoms with Gasteiger partial charge in [0.15, 0.2) is 0 Å². The summed E-state index contributed by atoms with van der Waals surface area (Å²) in [5, 5.41) is 4.48. The Hall–Kier alpha value is -3.22. The lowest BCUT2D eigenvalue weighted by atomic mass is 10.2. The predicted octanol–water partition coefficient (Wildman–Crippen LogP) is 3.46. The topological polar surface area (TPSA) is 41.4 Å². The van der Waals surface area contributed by atoms with Crippen molar-refractivity contribution in [3.05, 3.63) is 77.6 Å². The monoisotopic (exact) mass is 368 g/mol. The first kappa shape index (κ1) is 17.2. The zero-order chi connectivity index (χ0) is 19.0. The van der Waals surface area contributed by atoms with Gasteiger partial charge in [-0.25, -0.2) is 8.78 Å². The van der Waals surface area contributed by atoms with Gasteiger partial charge in [0.2, 0.25) is 0 Å². The van der Waals surface area contributed by atoms with E-state index in [0.29, 0.717) is 42.4 Å². The molecular weight excluding hydrogens is 350 g/mol. The fourth-order valence-electron chi connectivity index (χ4n) is 3.28. The number of para-hydroxylation sites is 1. The van der Waals surface area contributed by atoms with E-state index in [1.807, 2.05) is 0 Å². The molecule has 2 aromatic carbocycles. The minimum absolute atomic E-state index is 0.180. The second kappa shape index (κ2) is 6.83. The second-order valence-corrected chi connectivity index (χ2v) is 6.48. The number of hydrogen-bond acceptors (Lipinski definition) is 3. The van der Waals surface area contributed by atoms with Crippen LogP contribution in [0.15, 0.2) is 54.6 Å². The zero-order valence-corrected chi connectivity index (χ0v) is 14.8. The molecule has 0 saturated carbocycles. The predicted molar refractivity (Wildman–Crippen MR) is 98.8 cm³/mol. The third-order valence-corrected chi connectivity index (χ3v) is 4.63. The van der Waals surface area contributed by atoms with Gasteiger partial charge < -0.3 is 9.80 Å². The molecule has 1 aliphatic rings. The third kappa shape index (κ3) is 3.28. The number of benzene rings is 2. The number of anilines is 2. The van der Waals surface area contributed by atoms with Gasteiger partial charge in [-0.1, -0.05) is 12.1 Å². The Kier molecular flexibility index (Phi) is 4.35. The number of rotatable bonds is 4. The molecule has 0 N–H and O–H groups in total. The number of halogens is 2. The van der Waals surface area contributed by atoms with Gasteiger partial charge in [-0.05, 0) is 42.5 Å². The summed E-state index contributed by atoms with van der Waals surface area (Å²) in [5.74, 6) is -0.825. The van der Waals surface area contributed by atoms with E-state index in [0.717, 1.165) is 0 Å². The van der Waals surface area contributed by atoms with Crippen molar-refractivity contribution in [2.24, 2.45) is 0 Å². The van der Waals surface area contributed by atoms with Crippen molar-refractivity contribution in [3.8, 4) is 0 Å². The van der Waals surface area contributed by atoms with E-state index in [9.17, 15) is 13.6 Å². The molecule has 7 heteroatoms. The SMILES string of the molecule is CN(Cc1cc2n(n1)CCN(c1ccc(F)cc1)C2=O)c1ccccc1F. The highest BCUT2D eigenvalue weighted by Gasteiger charge is 2.27. The molecule has 0 atom stereocenters. The molecule has 0 spiro atoms. The zero-order valence-electron chi connectivity index (χ0n) is 14.8. The van der Waals surface area contributed by atoms with Crippen LogP contribution in [0.2, 0.25) is 0 Å². The molecule has 3 aromatic rings. The van der Waals surface area contributed by atoms with Crippen LogP contribution in [0.4, 0.5) is 20.2 Å². The van der Waals surface area contributed by atoms with Gasteiger partial charge >= 0.3 is 0 Å². The highest BCUT2D eigenvalue weighted by atomic mass is 19.1. The lowest BCUT2D eigenvalue weighted by Gasteiger charge is -2.27. The quantitative estimate of drug-likeness (QED) is 0.708. The van der Waals surface area contributed by atoms with Crippen LogP contribution in [-0.2, 0) is 13.1 Å². The van der Waals surface area contributed by atoms with E-state index in [-0.39, 0.29) is 17.5 Å². The van der Waals surface area contributed by atoms with Gasteiger partial charge in [-0.15, -0.1) is 0 Å². The molecular formula is C20H18F2N4O. The molecule has 1 aliphatic heterocycles. The van der Waals surface area contributed by atoms with E-state index < -0.39 is 0 Å². The molecule has 0 radical (unpaired) electrons. The molecule has 2 heterocycles. The minimum Gasteiger partial charge on any atom is -0.366 e. The van der Waals surface area contributed by atoms with Crippen LogP contribution < -0.4 is 9.80 Å². The average Bonchev–Trinajstić information content (AvgIpc) is 3.07. The first-order valence-electron chi connectivity index (χ1n) is 8.63. The van der Waals surface area contributed by atoms with Gasteiger partial charge in [0, 0.05) is 19.3 Å². The molecule has 1 aromatic heterocycles. The van der Waals surface area contributed by atoms with E-state index in [1.54, 1.807) is 57.9 Å². The third-order valence-electron chi connectivity index (χ3n) is 4.63. The second-order valence-electron chi connectivity index (χ2n) is 6.48. The Bertz CT molecular complexity index is 984. The summed E-state index contributed by atoms with van der Waals surface area (Å²) in [4.78, 5) is 16.2. The molecule has 4 rings (SSSR count). The van der Waals surface area contributed by atoms with Crippen molar-refractivity contribution in [2.75, 3.05) is 23.4 Å². The highest BCUT2D eigenvalue weighted by Crippen LogP contribution is 2.23. The molecule has 5 nitrogen and oxygen atoms in total. The van der Waals surface area contributed by atoms with Crippen molar-refractivity contribution >= 4 is 17.3 Å². The molecule has 0 saturated heterocycles. The molecule has 1 amide bonds. The fourth-order valence-corrected chi connectivity index (χ4v) is 3.28. The van der Waals surface area contributed by atoms with Crippen LogP contribution in [0.25, 0.3) is 0 Å². The molecule has 0 unspecified atom stereocenters. The van der Waals surface area contributed by atoms with Crippen molar-refractivity contribution in [3.63, 3.8) is 0 Å². The lowest BCUT2D eigenvalue weighted by Crippen LogP contribution is -2.40. The van der Waals surface area contributed by atoms with Gasteiger partial charge in [-0.3, -0.25) is 9.48 Å². The summed E-state index contributed by atoms with van der Waals surface area (Å²) >= 11 is 0. The fraction of sp³-hybridized carbons (Fsp3) is 0.200. The molecule has 138 valence electrons. The number of carbonyl (C=O) groups is 1. The van der Waals surface area contributed by atoms with Crippen molar-refractivity contribution < 1.29 is 13.6 Å². The van der Waals surface area contributed by atoms with Gasteiger partial charge in [0.05, 0.1) is 24.5 Å². The summed E-state index contributed by atoms with van der Waals surface area (Å²) < 4.78 is 28.8. The molecule has 0 aliphatic carbocycles. The molecule has 27 heavy (non-hydrogen) atoms.